The molecule has 0 spiro atoms. The second kappa shape index (κ2) is 7.63. The minimum absolute atomic E-state index is 0.135. The molecular weight excluding hydrogens is 328 g/mol. The van der Waals surface area contributed by atoms with Crippen molar-refractivity contribution < 1.29 is 17.6 Å². The molecule has 1 N–H and O–H groups in total. The first kappa shape index (κ1) is 18.2. The van der Waals surface area contributed by atoms with Gasteiger partial charge in [-0.15, -0.1) is 0 Å². The Labute approximate surface area is 142 Å². The third kappa shape index (κ3) is 4.69. The first-order chi connectivity index (χ1) is 11.3. The molecule has 0 aliphatic heterocycles. The maximum Gasteiger partial charge on any atom is 0.240 e. The van der Waals surface area contributed by atoms with E-state index in [9.17, 15) is 13.2 Å². The number of amides is 1. The smallest absolute Gasteiger partial charge is 0.240 e. The number of carbonyl (C=O) groups excluding carboxylic acids is 1. The van der Waals surface area contributed by atoms with Crippen LogP contribution in [0.4, 0.5) is 0 Å². The van der Waals surface area contributed by atoms with Crippen molar-refractivity contribution >= 4 is 15.9 Å². The largest absolute Gasteiger partial charge is 0.467 e. The van der Waals surface area contributed by atoms with Gasteiger partial charge in [0.05, 0.1) is 17.7 Å². The van der Waals surface area contributed by atoms with Gasteiger partial charge in [0.15, 0.2) is 0 Å². The molecule has 0 radical (unpaired) electrons. The average molecular weight is 350 g/mol. The van der Waals surface area contributed by atoms with E-state index >= 15 is 0 Å². The van der Waals surface area contributed by atoms with Gasteiger partial charge in [0.2, 0.25) is 15.9 Å². The van der Waals surface area contributed by atoms with Crippen molar-refractivity contribution in [3.05, 3.63) is 53.5 Å². The predicted molar refractivity (Wildman–Crippen MR) is 90.9 cm³/mol. The lowest BCUT2D eigenvalue weighted by molar-refractivity contribution is -0.129. The van der Waals surface area contributed by atoms with Crippen LogP contribution in [0.2, 0.25) is 0 Å². The Morgan fingerprint density at radius 3 is 2.62 bits per heavy atom. The topological polar surface area (TPSA) is 79.6 Å². The highest BCUT2D eigenvalue weighted by molar-refractivity contribution is 7.89. The fraction of sp³-hybridized carbons (Fsp3) is 0.353. The molecule has 0 saturated heterocycles. The molecule has 130 valence electrons. The van der Waals surface area contributed by atoms with E-state index in [2.05, 4.69) is 4.72 Å². The van der Waals surface area contributed by atoms with E-state index in [1.807, 2.05) is 13.0 Å². The highest BCUT2D eigenvalue weighted by Gasteiger charge is 2.18. The van der Waals surface area contributed by atoms with Gasteiger partial charge in [-0.25, -0.2) is 13.1 Å². The average Bonchev–Trinajstić information content (AvgIpc) is 3.01. The molecule has 24 heavy (non-hydrogen) atoms. The Balaban J connectivity index is 2.00. The molecule has 2 rings (SSSR count). The molecular formula is C17H22N2O4S. The molecule has 0 fully saturated rings. The molecule has 1 aromatic heterocycles. The molecule has 2 aromatic rings. The predicted octanol–water partition coefficient (Wildman–Crippen LogP) is 2.22. The summed E-state index contributed by atoms with van der Waals surface area (Å²) in [6.45, 7) is 5.76. The van der Waals surface area contributed by atoms with Gasteiger partial charge in [0, 0.05) is 20.0 Å². The number of nitrogens with one attached hydrogen (secondary N) is 1. The van der Waals surface area contributed by atoms with Crippen LogP contribution in [0, 0.1) is 13.8 Å². The van der Waals surface area contributed by atoms with Crippen molar-refractivity contribution in [2.75, 3.05) is 13.1 Å². The maximum absolute atomic E-state index is 12.4. The molecule has 1 amide bonds. The van der Waals surface area contributed by atoms with E-state index in [0.29, 0.717) is 17.9 Å². The molecule has 1 aromatic carbocycles. The van der Waals surface area contributed by atoms with Gasteiger partial charge < -0.3 is 9.32 Å². The van der Waals surface area contributed by atoms with Crippen molar-refractivity contribution in [3.63, 3.8) is 0 Å². The highest BCUT2D eigenvalue weighted by Crippen LogP contribution is 2.16. The Morgan fingerprint density at radius 1 is 1.25 bits per heavy atom. The minimum Gasteiger partial charge on any atom is -0.467 e. The summed E-state index contributed by atoms with van der Waals surface area (Å²) in [5.41, 5.74) is 1.57. The van der Waals surface area contributed by atoms with Crippen molar-refractivity contribution in [1.29, 1.82) is 0 Å². The second-order valence-electron chi connectivity index (χ2n) is 5.69. The van der Waals surface area contributed by atoms with Gasteiger partial charge >= 0.3 is 0 Å². The van der Waals surface area contributed by atoms with Crippen LogP contribution in [0.3, 0.4) is 0 Å². The van der Waals surface area contributed by atoms with Gasteiger partial charge in [-0.2, -0.15) is 0 Å². The number of aryl methyl sites for hydroxylation is 2. The second-order valence-corrected chi connectivity index (χ2v) is 7.42. The van der Waals surface area contributed by atoms with Crippen molar-refractivity contribution in [1.82, 2.24) is 9.62 Å². The summed E-state index contributed by atoms with van der Waals surface area (Å²) in [5, 5.41) is 0. The van der Waals surface area contributed by atoms with E-state index < -0.39 is 10.0 Å². The summed E-state index contributed by atoms with van der Waals surface area (Å²) in [5.74, 6) is 0.514. The van der Waals surface area contributed by atoms with Crippen LogP contribution < -0.4 is 4.72 Å². The third-order valence-corrected chi connectivity index (χ3v) is 5.28. The number of benzene rings is 1. The van der Waals surface area contributed by atoms with E-state index in [0.717, 1.165) is 5.56 Å². The molecule has 7 heteroatoms. The number of sulfonamides is 1. The first-order valence-corrected chi connectivity index (χ1v) is 9.13. The van der Waals surface area contributed by atoms with E-state index in [1.54, 1.807) is 31.2 Å². The van der Waals surface area contributed by atoms with Gasteiger partial charge in [-0.1, -0.05) is 12.1 Å². The number of hydrogen-bond donors (Lipinski definition) is 1. The van der Waals surface area contributed by atoms with Crippen molar-refractivity contribution in [2.45, 2.75) is 32.2 Å². The zero-order chi connectivity index (χ0) is 17.7. The summed E-state index contributed by atoms with van der Waals surface area (Å²) in [6, 6.07) is 8.81. The summed E-state index contributed by atoms with van der Waals surface area (Å²) in [7, 11) is -3.61. The summed E-state index contributed by atoms with van der Waals surface area (Å²) < 4.78 is 32.7. The Bertz CT molecular complexity index is 798. The summed E-state index contributed by atoms with van der Waals surface area (Å²) in [6.07, 6.45) is 1.54. The molecule has 0 aliphatic rings. The monoisotopic (exact) mass is 350 g/mol. The lowest BCUT2D eigenvalue weighted by atomic mass is 10.2. The number of nitrogens with zero attached hydrogens (tertiary/aromatic N) is 1. The standard InChI is InChI=1S/C17H22N2O4S/c1-13-6-7-14(2)17(11-13)24(21,22)18-8-9-19(15(3)20)12-16-5-4-10-23-16/h4-7,10-11,18H,8-9,12H2,1-3H3. The quantitative estimate of drug-likeness (QED) is 0.830. The third-order valence-electron chi connectivity index (χ3n) is 3.68. The number of rotatable bonds is 7. The molecule has 0 aliphatic carbocycles. The Kier molecular flexibility index (Phi) is 5.80. The lowest BCUT2D eigenvalue weighted by Crippen LogP contribution is -2.37. The van der Waals surface area contributed by atoms with Crippen LogP contribution in [0.15, 0.2) is 45.9 Å². The van der Waals surface area contributed by atoms with Gasteiger partial charge in [-0.05, 0) is 43.2 Å². The molecule has 6 nitrogen and oxygen atoms in total. The fourth-order valence-corrected chi connectivity index (χ4v) is 3.68. The molecule has 0 unspecified atom stereocenters. The number of furan rings is 1. The maximum atomic E-state index is 12.4. The molecule has 0 saturated carbocycles. The fourth-order valence-electron chi connectivity index (χ4n) is 2.33. The first-order valence-electron chi connectivity index (χ1n) is 7.64. The SMILES string of the molecule is CC(=O)N(CCNS(=O)(=O)c1cc(C)ccc1C)Cc1ccco1. The molecule has 0 atom stereocenters. The van der Waals surface area contributed by atoms with Crippen molar-refractivity contribution in [3.8, 4) is 0 Å². The van der Waals surface area contributed by atoms with E-state index in [4.69, 9.17) is 4.42 Å². The van der Waals surface area contributed by atoms with E-state index in [1.165, 1.54) is 18.1 Å². The van der Waals surface area contributed by atoms with Crippen LogP contribution in [0.1, 0.15) is 23.8 Å². The minimum atomic E-state index is -3.61. The van der Waals surface area contributed by atoms with Crippen LogP contribution in [0.5, 0.6) is 0 Å². The highest BCUT2D eigenvalue weighted by atomic mass is 32.2. The van der Waals surface area contributed by atoms with Crippen LogP contribution >= 0.6 is 0 Å². The van der Waals surface area contributed by atoms with Crippen LogP contribution in [0.25, 0.3) is 0 Å². The van der Waals surface area contributed by atoms with Crippen LogP contribution in [-0.4, -0.2) is 32.3 Å². The van der Waals surface area contributed by atoms with Crippen molar-refractivity contribution in [2.24, 2.45) is 0 Å². The normalized spacial score (nSPS) is 11.5. The molecule has 0 bridgehead atoms. The number of hydrogen-bond acceptors (Lipinski definition) is 4. The van der Waals surface area contributed by atoms with Gasteiger partial charge in [0.25, 0.3) is 0 Å². The lowest BCUT2D eigenvalue weighted by Gasteiger charge is -2.20. The van der Waals surface area contributed by atoms with Gasteiger partial charge in [-0.3, -0.25) is 4.79 Å². The summed E-state index contributed by atoms with van der Waals surface area (Å²) >= 11 is 0. The van der Waals surface area contributed by atoms with Crippen LogP contribution in [-0.2, 0) is 21.4 Å². The summed E-state index contributed by atoms with van der Waals surface area (Å²) in [4.78, 5) is 13.5. The van der Waals surface area contributed by atoms with E-state index in [-0.39, 0.29) is 23.9 Å². The van der Waals surface area contributed by atoms with Gasteiger partial charge in [0.1, 0.15) is 5.76 Å². The zero-order valence-corrected chi connectivity index (χ0v) is 14.9. The number of carbonyl (C=O) groups is 1. The Hall–Kier alpha value is -2.12. The Morgan fingerprint density at radius 2 is 2.00 bits per heavy atom. The zero-order valence-electron chi connectivity index (χ0n) is 14.1. The molecule has 1 heterocycles.